The van der Waals surface area contributed by atoms with E-state index in [0.717, 1.165) is 34.7 Å². The number of piperazine rings is 1. The van der Waals surface area contributed by atoms with E-state index in [1.54, 1.807) is 19.2 Å². The predicted molar refractivity (Wildman–Crippen MR) is 161 cm³/mol. The average molecular weight is 577 g/mol. The van der Waals surface area contributed by atoms with E-state index >= 15 is 0 Å². The van der Waals surface area contributed by atoms with Crippen molar-refractivity contribution in [2.45, 2.75) is 50.7 Å². The van der Waals surface area contributed by atoms with Crippen molar-refractivity contribution in [3.05, 3.63) is 83.7 Å². The Kier molecular flexibility index (Phi) is 11.0. The normalized spacial score (nSPS) is 17.0. The minimum Gasteiger partial charge on any atom is -0.375 e. The first-order chi connectivity index (χ1) is 20.3. The van der Waals surface area contributed by atoms with Crippen molar-refractivity contribution >= 4 is 28.5 Å². The Balaban J connectivity index is 1.53. The maximum Gasteiger partial charge on any atom is 0.246 e. The Morgan fingerprint density at radius 2 is 1.69 bits per heavy atom. The van der Waals surface area contributed by atoms with Gasteiger partial charge in [-0.05, 0) is 46.9 Å². The van der Waals surface area contributed by atoms with Crippen molar-refractivity contribution in [1.29, 1.82) is 0 Å². The van der Waals surface area contributed by atoms with Crippen LogP contribution in [0.3, 0.4) is 0 Å². The molecule has 2 N–H and O–H groups in total. The van der Waals surface area contributed by atoms with Crippen LogP contribution in [0.15, 0.2) is 66.7 Å². The highest BCUT2D eigenvalue weighted by molar-refractivity contribution is 5.89. The molecule has 42 heavy (non-hydrogen) atoms. The van der Waals surface area contributed by atoms with Crippen molar-refractivity contribution in [1.82, 2.24) is 20.4 Å². The topological polar surface area (TPSA) is 91.0 Å². The molecule has 1 saturated heterocycles. The maximum atomic E-state index is 14.0. The van der Waals surface area contributed by atoms with Gasteiger partial charge < -0.3 is 20.3 Å². The third kappa shape index (κ3) is 7.92. The number of likely N-dealkylation sites (N-methyl/N-ethyl adjacent to an activating group) is 1. The summed E-state index contributed by atoms with van der Waals surface area (Å²) < 4.78 is 18.5. The van der Waals surface area contributed by atoms with E-state index in [2.05, 4.69) is 52.8 Å². The zero-order valence-electron chi connectivity index (χ0n) is 24.6. The van der Waals surface area contributed by atoms with Crippen LogP contribution in [0.25, 0.3) is 10.8 Å². The number of methoxy groups -OCH3 is 1. The molecular formula is C33H41FN4O4. The standard InChI is InChI=1S/C33H41FN4O4/c1-4-7-28-21-37(30(32(40)35-2)20-24-10-13-25-8-5-6-9-26(25)18-24)16-17-38(28)33(41)29(36-31(39)22-42-3)19-23-11-14-27(34)15-12-23/h5-6,8-15,18,28-30H,4,7,16-17,19-22H2,1-3H3,(H,35,40)(H,36,39). The minimum atomic E-state index is -0.823. The average Bonchev–Trinajstić information content (AvgIpc) is 3.00. The molecule has 1 fully saturated rings. The predicted octanol–water partition coefficient (Wildman–Crippen LogP) is 3.32. The molecule has 0 saturated carbocycles. The molecule has 8 nitrogen and oxygen atoms in total. The van der Waals surface area contributed by atoms with Gasteiger partial charge in [-0.15, -0.1) is 0 Å². The monoisotopic (exact) mass is 576 g/mol. The van der Waals surface area contributed by atoms with Gasteiger partial charge in [0.2, 0.25) is 17.7 Å². The van der Waals surface area contributed by atoms with E-state index in [0.29, 0.717) is 26.1 Å². The molecule has 3 amide bonds. The maximum absolute atomic E-state index is 14.0. The van der Waals surface area contributed by atoms with Gasteiger partial charge in [0.1, 0.15) is 18.5 Å². The van der Waals surface area contributed by atoms with Gasteiger partial charge in [-0.1, -0.05) is 67.9 Å². The first kappa shape index (κ1) is 31.1. The van der Waals surface area contributed by atoms with Crippen LogP contribution in [-0.4, -0.2) is 86.0 Å². The Morgan fingerprint density at radius 1 is 0.976 bits per heavy atom. The summed E-state index contributed by atoms with van der Waals surface area (Å²) in [7, 11) is 3.08. The molecule has 0 radical (unpaired) electrons. The molecule has 3 atom stereocenters. The molecule has 9 heteroatoms. The summed E-state index contributed by atoms with van der Waals surface area (Å²) in [6.45, 7) is 3.40. The van der Waals surface area contributed by atoms with Gasteiger partial charge in [-0.25, -0.2) is 4.39 Å². The Hall–Kier alpha value is -3.82. The summed E-state index contributed by atoms with van der Waals surface area (Å²) in [5, 5.41) is 7.94. The lowest BCUT2D eigenvalue weighted by molar-refractivity contribution is -0.143. The Labute approximate surface area is 247 Å². The highest BCUT2D eigenvalue weighted by Crippen LogP contribution is 2.23. The summed E-state index contributed by atoms with van der Waals surface area (Å²) in [4.78, 5) is 43.6. The first-order valence-electron chi connectivity index (χ1n) is 14.6. The van der Waals surface area contributed by atoms with Crippen molar-refractivity contribution in [3.63, 3.8) is 0 Å². The fraction of sp³-hybridized carbons (Fsp3) is 0.424. The van der Waals surface area contributed by atoms with E-state index < -0.39 is 11.9 Å². The molecule has 224 valence electrons. The van der Waals surface area contributed by atoms with Crippen molar-refractivity contribution in [3.8, 4) is 0 Å². The largest absolute Gasteiger partial charge is 0.375 e. The SMILES string of the molecule is CCCC1CN(C(Cc2ccc3ccccc3c2)C(=O)NC)CCN1C(=O)C(Cc1ccc(F)cc1)NC(=O)COC. The highest BCUT2D eigenvalue weighted by Gasteiger charge is 2.38. The molecule has 3 aromatic rings. The molecule has 0 bridgehead atoms. The highest BCUT2D eigenvalue weighted by atomic mass is 19.1. The molecule has 1 aliphatic rings. The van der Waals surface area contributed by atoms with Crippen LogP contribution in [-0.2, 0) is 32.0 Å². The molecule has 3 aromatic carbocycles. The molecule has 3 unspecified atom stereocenters. The van der Waals surface area contributed by atoms with Crippen LogP contribution in [0.4, 0.5) is 4.39 Å². The zero-order chi connectivity index (χ0) is 30.1. The first-order valence-corrected chi connectivity index (χ1v) is 14.6. The molecular weight excluding hydrogens is 535 g/mol. The molecule has 0 aromatic heterocycles. The quantitative estimate of drug-likeness (QED) is 0.345. The van der Waals surface area contributed by atoms with E-state index in [-0.39, 0.29) is 42.7 Å². The van der Waals surface area contributed by atoms with Gasteiger partial charge in [0.15, 0.2) is 0 Å². The molecule has 4 rings (SSSR count). The number of rotatable bonds is 12. The molecule has 0 aliphatic carbocycles. The number of carbonyl (C=O) groups is 3. The summed E-state index contributed by atoms with van der Waals surface area (Å²) >= 11 is 0. The number of nitrogens with one attached hydrogen (secondary N) is 2. The van der Waals surface area contributed by atoms with Gasteiger partial charge in [-0.3, -0.25) is 19.3 Å². The molecule has 0 spiro atoms. The van der Waals surface area contributed by atoms with Crippen LogP contribution in [0.5, 0.6) is 0 Å². The number of ether oxygens (including phenoxy) is 1. The van der Waals surface area contributed by atoms with Crippen LogP contribution < -0.4 is 10.6 Å². The second-order valence-electron chi connectivity index (χ2n) is 10.9. The third-order valence-electron chi connectivity index (χ3n) is 7.91. The molecule has 1 aliphatic heterocycles. The Morgan fingerprint density at radius 3 is 2.38 bits per heavy atom. The van der Waals surface area contributed by atoms with E-state index in [4.69, 9.17) is 4.74 Å². The van der Waals surface area contributed by atoms with Gasteiger partial charge in [0, 0.05) is 46.3 Å². The number of amides is 3. The number of hydrogen-bond acceptors (Lipinski definition) is 5. The zero-order valence-corrected chi connectivity index (χ0v) is 24.6. The second kappa shape index (κ2) is 14.9. The molecule has 1 heterocycles. The smallest absolute Gasteiger partial charge is 0.246 e. The van der Waals surface area contributed by atoms with Crippen molar-refractivity contribution in [2.75, 3.05) is 40.4 Å². The number of nitrogens with zero attached hydrogens (tertiary/aromatic N) is 2. The number of carbonyl (C=O) groups excluding carboxylic acids is 3. The van der Waals surface area contributed by atoms with Gasteiger partial charge in [0.05, 0.1) is 6.04 Å². The van der Waals surface area contributed by atoms with Crippen molar-refractivity contribution < 1.29 is 23.5 Å². The summed E-state index contributed by atoms with van der Waals surface area (Å²) in [5.74, 6) is -0.996. The fourth-order valence-electron chi connectivity index (χ4n) is 5.80. The number of fused-ring (bicyclic) bond motifs is 1. The third-order valence-corrected chi connectivity index (χ3v) is 7.91. The van der Waals surface area contributed by atoms with E-state index in [1.165, 1.54) is 19.2 Å². The van der Waals surface area contributed by atoms with Crippen LogP contribution in [0.2, 0.25) is 0 Å². The number of halogens is 1. The lowest BCUT2D eigenvalue weighted by atomic mass is 9.97. The number of benzene rings is 3. The Bertz CT molecular complexity index is 1370. The summed E-state index contributed by atoms with van der Waals surface area (Å²) in [5.41, 5.74) is 1.82. The lowest BCUT2D eigenvalue weighted by Crippen LogP contribution is -2.63. The van der Waals surface area contributed by atoms with E-state index in [1.807, 2.05) is 17.0 Å². The van der Waals surface area contributed by atoms with Crippen LogP contribution >= 0.6 is 0 Å². The van der Waals surface area contributed by atoms with Gasteiger partial charge >= 0.3 is 0 Å². The minimum absolute atomic E-state index is 0.0563. The van der Waals surface area contributed by atoms with Gasteiger partial charge in [0.25, 0.3) is 0 Å². The van der Waals surface area contributed by atoms with Gasteiger partial charge in [-0.2, -0.15) is 0 Å². The van der Waals surface area contributed by atoms with Crippen LogP contribution in [0.1, 0.15) is 30.9 Å². The lowest BCUT2D eigenvalue weighted by Gasteiger charge is -2.45. The van der Waals surface area contributed by atoms with E-state index in [9.17, 15) is 18.8 Å². The summed E-state index contributed by atoms with van der Waals surface area (Å²) in [6.07, 6.45) is 2.40. The number of hydrogen-bond donors (Lipinski definition) is 2. The van der Waals surface area contributed by atoms with Crippen molar-refractivity contribution in [2.24, 2.45) is 0 Å². The second-order valence-corrected chi connectivity index (χ2v) is 10.9. The fourth-order valence-corrected chi connectivity index (χ4v) is 5.80. The summed E-state index contributed by atoms with van der Waals surface area (Å²) in [6, 6.07) is 19.1. The van der Waals surface area contributed by atoms with Crippen LogP contribution in [0, 0.1) is 5.82 Å².